The number of aromatic nitrogens is 1. The van der Waals surface area contributed by atoms with Gasteiger partial charge in [-0.05, 0) is 23.8 Å². The first kappa shape index (κ1) is 11.5. The summed E-state index contributed by atoms with van der Waals surface area (Å²) in [5, 5.41) is 5.99. The molecule has 3 rings (SSSR count). The van der Waals surface area contributed by atoms with Crippen LogP contribution in [-0.4, -0.2) is 11.5 Å². The molecule has 0 aliphatic heterocycles. The molecule has 1 saturated carbocycles. The SMILES string of the molecule is c1ccc2c(NCCC3CCCC3)nccc2c1. The molecule has 0 atom stereocenters. The van der Waals surface area contributed by atoms with E-state index in [4.69, 9.17) is 0 Å². The first-order chi connectivity index (χ1) is 8.93. The average Bonchev–Trinajstić information content (AvgIpc) is 2.92. The number of pyridine rings is 1. The first-order valence-electron chi connectivity index (χ1n) is 7.01. The fourth-order valence-electron chi connectivity index (χ4n) is 2.95. The first-order valence-corrected chi connectivity index (χ1v) is 7.01. The molecule has 0 bridgehead atoms. The van der Waals surface area contributed by atoms with Crippen LogP contribution in [-0.2, 0) is 0 Å². The summed E-state index contributed by atoms with van der Waals surface area (Å²) in [4.78, 5) is 4.46. The van der Waals surface area contributed by atoms with Gasteiger partial charge in [-0.3, -0.25) is 0 Å². The lowest BCUT2D eigenvalue weighted by Crippen LogP contribution is -2.07. The van der Waals surface area contributed by atoms with E-state index in [1.54, 1.807) is 0 Å². The number of anilines is 1. The van der Waals surface area contributed by atoms with Crippen LogP contribution in [0.25, 0.3) is 10.8 Å². The largest absolute Gasteiger partial charge is 0.370 e. The number of hydrogen-bond donors (Lipinski definition) is 1. The van der Waals surface area contributed by atoms with Crippen molar-refractivity contribution in [2.75, 3.05) is 11.9 Å². The van der Waals surface area contributed by atoms with E-state index < -0.39 is 0 Å². The second-order valence-electron chi connectivity index (χ2n) is 5.25. The maximum absolute atomic E-state index is 4.46. The number of fused-ring (bicyclic) bond motifs is 1. The van der Waals surface area contributed by atoms with Crippen molar-refractivity contribution in [3.63, 3.8) is 0 Å². The van der Waals surface area contributed by atoms with Crippen LogP contribution >= 0.6 is 0 Å². The van der Waals surface area contributed by atoms with Crippen LogP contribution in [0.3, 0.4) is 0 Å². The molecular formula is C16H20N2. The molecule has 0 spiro atoms. The molecule has 1 aromatic heterocycles. The van der Waals surface area contributed by atoms with Crippen LogP contribution < -0.4 is 5.32 Å². The molecule has 1 aromatic carbocycles. The molecule has 2 heteroatoms. The highest BCUT2D eigenvalue weighted by atomic mass is 15.0. The van der Waals surface area contributed by atoms with Crippen molar-refractivity contribution in [3.8, 4) is 0 Å². The summed E-state index contributed by atoms with van der Waals surface area (Å²) in [7, 11) is 0. The lowest BCUT2D eigenvalue weighted by Gasteiger charge is -2.11. The highest BCUT2D eigenvalue weighted by Gasteiger charge is 2.14. The van der Waals surface area contributed by atoms with Crippen LogP contribution in [0.2, 0.25) is 0 Å². The van der Waals surface area contributed by atoms with Gasteiger partial charge < -0.3 is 5.32 Å². The molecule has 0 unspecified atom stereocenters. The predicted molar refractivity (Wildman–Crippen MR) is 76.8 cm³/mol. The van der Waals surface area contributed by atoms with E-state index in [0.29, 0.717) is 0 Å². The smallest absolute Gasteiger partial charge is 0.133 e. The van der Waals surface area contributed by atoms with E-state index in [1.807, 2.05) is 6.20 Å². The van der Waals surface area contributed by atoms with Gasteiger partial charge in [-0.25, -0.2) is 4.98 Å². The van der Waals surface area contributed by atoms with E-state index in [0.717, 1.165) is 18.3 Å². The Bertz CT molecular complexity index is 510. The molecule has 0 saturated heterocycles. The monoisotopic (exact) mass is 240 g/mol. The molecule has 0 radical (unpaired) electrons. The van der Waals surface area contributed by atoms with Gasteiger partial charge >= 0.3 is 0 Å². The summed E-state index contributed by atoms with van der Waals surface area (Å²) in [6, 6.07) is 10.5. The van der Waals surface area contributed by atoms with Gasteiger partial charge in [0, 0.05) is 18.1 Å². The van der Waals surface area contributed by atoms with Crippen molar-refractivity contribution < 1.29 is 0 Å². The van der Waals surface area contributed by atoms with E-state index >= 15 is 0 Å². The number of nitrogens with one attached hydrogen (secondary N) is 1. The van der Waals surface area contributed by atoms with E-state index in [2.05, 4.69) is 40.6 Å². The highest BCUT2D eigenvalue weighted by molar-refractivity contribution is 5.91. The Kier molecular flexibility index (Phi) is 3.44. The van der Waals surface area contributed by atoms with Gasteiger partial charge in [0.15, 0.2) is 0 Å². The van der Waals surface area contributed by atoms with Crippen LogP contribution in [0, 0.1) is 5.92 Å². The molecule has 18 heavy (non-hydrogen) atoms. The van der Waals surface area contributed by atoms with E-state index in [-0.39, 0.29) is 0 Å². The Morgan fingerprint density at radius 1 is 1.11 bits per heavy atom. The van der Waals surface area contributed by atoms with Crippen molar-refractivity contribution in [2.45, 2.75) is 32.1 Å². The summed E-state index contributed by atoms with van der Waals surface area (Å²) < 4.78 is 0. The third-order valence-electron chi connectivity index (χ3n) is 3.99. The zero-order valence-corrected chi connectivity index (χ0v) is 10.7. The Morgan fingerprint density at radius 2 is 1.94 bits per heavy atom. The molecule has 2 aromatic rings. The van der Waals surface area contributed by atoms with Gasteiger partial charge in [0.25, 0.3) is 0 Å². The molecule has 1 N–H and O–H groups in total. The number of nitrogens with zero attached hydrogens (tertiary/aromatic N) is 1. The molecular weight excluding hydrogens is 220 g/mol. The minimum absolute atomic E-state index is 0.937. The quantitative estimate of drug-likeness (QED) is 0.865. The van der Waals surface area contributed by atoms with Gasteiger partial charge in [0.05, 0.1) is 0 Å². The summed E-state index contributed by atoms with van der Waals surface area (Å²) in [6.07, 6.45) is 8.87. The number of rotatable bonds is 4. The van der Waals surface area contributed by atoms with Gasteiger partial charge in [0.2, 0.25) is 0 Å². The number of benzene rings is 1. The van der Waals surface area contributed by atoms with Crippen LogP contribution in [0.1, 0.15) is 32.1 Å². The maximum atomic E-state index is 4.46. The highest BCUT2D eigenvalue weighted by Crippen LogP contribution is 2.27. The van der Waals surface area contributed by atoms with Gasteiger partial charge in [-0.15, -0.1) is 0 Å². The van der Waals surface area contributed by atoms with Crippen molar-refractivity contribution in [3.05, 3.63) is 36.5 Å². The van der Waals surface area contributed by atoms with Gasteiger partial charge in [0.1, 0.15) is 5.82 Å². The molecule has 94 valence electrons. The van der Waals surface area contributed by atoms with Gasteiger partial charge in [-0.1, -0.05) is 49.9 Å². The maximum Gasteiger partial charge on any atom is 0.133 e. The van der Waals surface area contributed by atoms with E-state index in [1.165, 1.54) is 42.9 Å². The standard InChI is InChI=1S/C16H20N2/c1-2-6-13(5-1)9-11-17-16-15-8-4-3-7-14(15)10-12-18-16/h3-4,7-8,10,12-13H,1-2,5-6,9,11H2,(H,17,18). The molecule has 2 nitrogen and oxygen atoms in total. The Labute approximate surface area is 108 Å². The summed E-state index contributed by atoms with van der Waals surface area (Å²) >= 11 is 0. The summed E-state index contributed by atoms with van der Waals surface area (Å²) in [5.41, 5.74) is 0. The third-order valence-corrected chi connectivity index (χ3v) is 3.99. The lowest BCUT2D eigenvalue weighted by atomic mass is 10.0. The van der Waals surface area contributed by atoms with Gasteiger partial charge in [-0.2, -0.15) is 0 Å². The second-order valence-corrected chi connectivity index (χ2v) is 5.25. The minimum atomic E-state index is 0.937. The van der Waals surface area contributed by atoms with Crippen molar-refractivity contribution in [2.24, 2.45) is 5.92 Å². The topological polar surface area (TPSA) is 24.9 Å². The second kappa shape index (κ2) is 5.38. The zero-order valence-electron chi connectivity index (χ0n) is 10.7. The Morgan fingerprint density at radius 3 is 2.83 bits per heavy atom. The summed E-state index contributed by atoms with van der Waals surface area (Å²) in [5.74, 6) is 1.97. The van der Waals surface area contributed by atoms with Crippen LogP contribution in [0.15, 0.2) is 36.5 Å². The predicted octanol–water partition coefficient (Wildman–Crippen LogP) is 4.23. The average molecular weight is 240 g/mol. The molecule has 1 heterocycles. The Hall–Kier alpha value is -1.57. The minimum Gasteiger partial charge on any atom is -0.370 e. The lowest BCUT2D eigenvalue weighted by molar-refractivity contribution is 0.518. The molecule has 1 aliphatic carbocycles. The van der Waals surface area contributed by atoms with Crippen molar-refractivity contribution in [1.82, 2.24) is 4.98 Å². The number of hydrogen-bond acceptors (Lipinski definition) is 2. The van der Waals surface area contributed by atoms with E-state index in [9.17, 15) is 0 Å². The molecule has 0 amide bonds. The fourth-order valence-corrected chi connectivity index (χ4v) is 2.95. The van der Waals surface area contributed by atoms with Crippen molar-refractivity contribution in [1.29, 1.82) is 0 Å². The van der Waals surface area contributed by atoms with Crippen LogP contribution in [0.5, 0.6) is 0 Å². The van der Waals surface area contributed by atoms with Crippen molar-refractivity contribution >= 4 is 16.6 Å². The fraction of sp³-hybridized carbons (Fsp3) is 0.438. The third kappa shape index (κ3) is 2.47. The summed E-state index contributed by atoms with van der Waals surface area (Å²) in [6.45, 7) is 1.05. The Balaban J connectivity index is 1.66. The molecule has 1 fully saturated rings. The normalized spacial score (nSPS) is 16.2. The zero-order chi connectivity index (χ0) is 12.2. The molecule has 1 aliphatic rings. The van der Waals surface area contributed by atoms with Crippen LogP contribution in [0.4, 0.5) is 5.82 Å².